The van der Waals surface area contributed by atoms with Crippen LogP contribution in [0.1, 0.15) is 17.2 Å². The molecule has 0 aliphatic carbocycles. The van der Waals surface area contributed by atoms with Gasteiger partial charge in [0.2, 0.25) is 0 Å². The SMILES string of the molecule is Cc1ccccc1-c1ccccc1C(N)CN. The smallest absolute Gasteiger partial charge is 0.0425 e. The van der Waals surface area contributed by atoms with E-state index in [1.807, 2.05) is 24.3 Å². The summed E-state index contributed by atoms with van der Waals surface area (Å²) in [6.45, 7) is 2.57. The molecule has 0 fully saturated rings. The van der Waals surface area contributed by atoms with Crippen LogP contribution in [0, 0.1) is 6.92 Å². The maximum absolute atomic E-state index is 6.06. The Morgan fingerprint density at radius 3 is 2.18 bits per heavy atom. The Bertz CT molecular complexity index is 506. The molecule has 0 radical (unpaired) electrons. The lowest BCUT2D eigenvalue weighted by Crippen LogP contribution is -2.21. The molecule has 0 saturated heterocycles. The summed E-state index contributed by atoms with van der Waals surface area (Å²) in [5.74, 6) is 0. The second kappa shape index (κ2) is 5.13. The summed E-state index contributed by atoms with van der Waals surface area (Å²) in [6.07, 6.45) is 0. The quantitative estimate of drug-likeness (QED) is 0.845. The van der Waals surface area contributed by atoms with Crippen molar-refractivity contribution in [3.8, 4) is 11.1 Å². The van der Waals surface area contributed by atoms with Crippen LogP contribution in [0.2, 0.25) is 0 Å². The summed E-state index contributed by atoms with van der Waals surface area (Å²) in [4.78, 5) is 0. The van der Waals surface area contributed by atoms with E-state index in [0.29, 0.717) is 6.54 Å². The molecule has 2 heteroatoms. The van der Waals surface area contributed by atoms with Gasteiger partial charge in [0.15, 0.2) is 0 Å². The predicted octanol–water partition coefficient (Wildman–Crippen LogP) is 2.62. The Morgan fingerprint density at radius 1 is 0.941 bits per heavy atom. The molecule has 0 aliphatic rings. The van der Waals surface area contributed by atoms with Gasteiger partial charge >= 0.3 is 0 Å². The van der Waals surface area contributed by atoms with Gasteiger partial charge in [0.25, 0.3) is 0 Å². The number of hydrogen-bond donors (Lipinski definition) is 2. The van der Waals surface area contributed by atoms with E-state index in [2.05, 4.69) is 31.2 Å². The van der Waals surface area contributed by atoms with Gasteiger partial charge in [0, 0.05) is 12.6 Å². The van der Waals surface area contributed by atoms with Crippen LogP contribution in [0.15, 0.2) is 48.5 Å². The summed E-state index contributed by atoms with van der Waals surface area (Å²) in [5.41, 5.74) is 16.5. The molecule has 0 saturated carbocycles. The molecule has 1 atom stereocenters. The summed E-state index contributed by atoms with van der Waals surface area (Å²) < 4.78 is 0. The van der Waals surface area contributed by atoms with Crippen LogP contribution in [0.5, 0.6) is 0 Å². The summed E-state index contributed by atoms with van der Waals surface area (Å²) >= 11 is 0. The Hall–Kier alpha value is -1.64. The fraction of sp³-hybridized carbons (Fsp3) is 0.200. The summed E-state index contributed by atoms with van der Waals surface area (Å²) in [5, 5.41) is 0. The molecule has 88 valence electrons. The van der Waals surface area contributed by atoms with E-state index in [9.17, 15) is 0 Å². The number of hydrogen-bond acceptors (Lipinski definition) is 2. The number of aryl methyl sites for hydroxylation is 1. The van der Waals surface area contributed by atoms with Gasteiger partial charge in [-0.05, 0) is 29.2 Å². The highest BCUT2D eigenvalue weighted by Crippen LogP contribution is 2.29. The highest BCUT2D eigenvalue weighted by atomic mass is 14.7. The zero-order chi connectivity index (χ0) is 12.3. The minimum atomic E-state index is -0.106. The molecule has 2 rings (SSSR count). The molecular weight excluding hydrogens is 208 g/mol. The highest BCUT2D eigenvalue weighted by Gasteiger charge is 2.11. The first kappa shape index (κ1) is 11.8. The first-order chi connectivity index (χ1) is 8.24. The second-order valence-corrected chi connectivity index (χ2v) is 4.24. The Morgan fingerprint density at radius 2 is 1.53 bits per heavy atom. The van der Waals surface area contributed by atoms with Crippen LogP contribution in [-0.2, 0) is 0 Å². The molecule has 17 heavy (non-hydrogen) atoms. The Balaban J connectivity index is 2.56. The van der Waals surface area contributed by atoms with Gasteiger partial charge in [-0.2, -0.15) is 0 Å². The van der Waals surface area contributed by atoms with Crippen molar-refractivity contribution in [1.29, 1.82) is 0 Å². The molecule has 0 heterocycles. The minimum absolute atomic E-state index is 0.106. The van der Waals surface area contributed by atoms with Crippen molar-refractivity contribution in [3.63, 3.8) is 0 Å². The third-order valence-electron chi connectivity index (χ3n) is 3.05. The van der Waals surface area contributed by atoms with Gasteiger partial charge in [-0.1, -0.05) is 48.5 Å². The van der Waals surface area contributed by atoms with Crippen molar-refractivity contribution in [2.75, 3.05) is 6.54 Å². The minimum Gasteiger partial charge on any atom is -0.329 e. The van der Waals surface area contributed by atoms with Crippen molar-refractivity contribution >= 4 is 0 Å². The van der Waals surface area contributed by atoms with E-state index < -0.39 is 0 Å². The maximum atomic E-state index is 6.06. The van der Waals surface area contributed by atoms with E-state index in [4.69, 9.17) is 11.5 Å². The first-order valence-corrected chi connectivity index (χ1v) is 5.84. The summed E-state index contributed by atoms with van der Waals surface area (Å²) in [7, 11) is 0. The Labute approximate surface area is 102 Å². The molecule has 2 nitrogen and oxygen atoms in total. The van der Waals surface area contributed by atoms with Crippen LogP contribution in [0.3, 0.4) is 0 Å². The van der Waals surface area contributed by atoms with Crippen LogP contribution in [0.4, 0.5) is 0 Å². The van der Waals surface area contributed by atoms with E-state index >= 15 is 0 Å². The van der Waals surface area contributed by atoms with E-state index in [1.165, 1.54) is 16.7 Å². The largest absolute Gasteiger partial charge is 0.329 e. The lowest BCUT2D eigenvalue weighted by Gasteiger charge is -2.16. The van der Waals surface area contributed by atoms with E-state index in [1.54, 1.807) is 0 Å². The van der Waals surface area contributed by atoms with Gasteiger partial charge in [-0.3, -0.25) is 0 Å². The third-order valence-corrected chi connectivity index (χ3v) is 3.05. The van der Waals surface area contributed by atoms with Crippen molar-refractivity contribution < 1.29 is 0 Å². The van der Waals surface area contributed by atoms with Crippen molar-refractivity contribution in [2.24, 2.45) is 11.5 Å². The zero-order valence-electron chi connectivity index (χ0n) is 10.1. The van der Waals surface area contributed by atoms with E-state index in [0.717, 1.165) is 5.56 Å². The molecule has 0 aliphatic heterocycles. The molecule has 4 N–H and O–H groups in total. The molecule has 1 unspecified atom stereocenters. The average molecular weight is 226 g/mol. The zero-order valence-corrected chi connectivity index (χ0v) is 10.1. The first-order valence-electron chi connectivity index (χ1n) is 5.84. The van der Waals surface area contributed by atoms with Crippen molar-refractivity contribution in [3.05, 3.63) is 59.7 Å². The molecule has 2 aromatic carbocycles. The second-order valence-electron chi connectivity index (χ2n) is 4.24. The molecule has 0 amide bonds. The monoisotopic (exact) mass is 226 g/mol. The van der Waals surface area contributed by atoms with Gasteiger partial charge in [-0.25, -0.2) is 0 Å². The van der Waals surface area contributed by atoms with Crippen molar-refractivity contribution in [2.45, 2.75) is 13.0 Å². The van der Waals surface area contributed by atoms with Crippen LogP contribution < -0.4 is 11.5 Å². The molecule has 2 aromatic rings. The van der Waals surface area contributed by atoms with Crippen LogP contribution in [-0.4, -0.2) is 6.54 Å². The van der Waals surface area contributed by atoms with Gasteiger partial charge in [-0.15, -0.1) is 0 Å². The molecular formula is C15H18N2. The molecule has 0 bridgehead atoms. The number of nitrogens with two attached hydrogens (primary N) is 2. The third kappa shape index (κ3) is 2.38. The van der Waals surface area contributed by atoms with Gasteiger partial charge < -0.3 is 11.5 Å². The van der Waals surface area contributed by atoms with Gasteiger partial charge in [0.05, 0.1) is 0 Å². The lowest BCUT2D eigenvalue weighted by molar-refractivity contribution is 0.739. The highest BCUT2D eigenvalue weighted by molar-refractivity contribution is 5.71. The van der Waals surface area contributed by atoms with E-state index in [-0.39, 0.29) is 6.04 Å². The fourth-order valence-corrected chi connectivity index (χ4v) is 2.07. The predicted molar refractivity (Wildman–Crippen MR) is 72.6 cm³/mol. The van der Waals surface area contributed by atoms with Gasteiger partial charge in [0.1, 0.15) is 0 Å². The molecule has 0 aromatic heterocycles. The van der Waals surface area contributed by atoms with Crippen LogP contribution in [0.25, 0.3) is 11.1 Å². The standard InChI is InChI=1S/C15H18N2/c1-11-6-2-3-7-12(11)13-8-4-5-9-14(13)15(17)10-16/h2-9,15H,10,16-17H2,1H3. The topological polar surface area (TPSA) is 52.0 Å². The van der Waals surface area contributed by atoms with Crippen LogP contribution >= 0.6 is 0 Å². The van der Waals surface area contributed by atoms with Crippen molar-refractivity contribution in [1.82, 2.24) is 0 Å². The number of benzene rings is 2. The Kier molecular flexibility index (Phi) is 3.57. The maximum Gasteiger partial charge on any atom is 0.0425 e. The fourth-order valence-electron chi connectivity index (χ4n) is 2.07. The number of rotatable bonds is 3. The summed E-state index contributed by atoms with van der Waals surface area (Å²) in [6, 6.07) is 16.4. The molecule has 0 spiro atoms. The lowest BCUT2D eigenvalue weighted by atomic mass is 9.93. The average Bonchev–Trinajstić information content (AvgIpc) is 2.38. The normalized spacial score (nSPS) is 12.4.